The first kappa shape index (κ1) is 18.0. The second kappa shape index (κ2) is 10.4. The summed E-state index contributed by atoms with van der Waals surface area (Å²) in [6, 6.07) is 8.65. The fourth-order valence-electron chi connectivity index (χ4n) is 2.52. The summed E-state index contributed by atoms with van der Waals surface area (Å²) in [5, 5.41) is 0. The number of aryl methyl sites for hydroxylation is 1. The van der Waals surface area contributed by atoms with Crippen molar-refractivity contribution in [3.63, 3.8) is 0 Å². The van der Waals surface area contributed by atoms with Crippen LogP contribution in [0.2, 0.25) is 0 Å². The van der Waals surface area contributed by atoms with Crippen molar-refractivity contribution in [3.8, 4) is 11.4 Å². The molecule has 0 aliphatic heterocycles. The lowest BCUT2D eigenvalue weighted by atomic mass is 10.2. The SMILES string of the molecule is CCCCCCCSc1ccc(-c2ncc(CCC)cn2)cc1. The Morgan fingerprint density at radius 1 is 0.826 bits per heavy atom. The molecule has 2 aromatic rings. The van der Waals surface area contributed by atoms with E-state index in [-0.39, 0.29) is 0 Å². The number of unbranched alkanes of at least 4 members (excludes halogenated alkanes) is 4. The molecule has 0 bridgehead atoms. The van der Waals surface area contributed by atoms with E-state index in [4.69, 9.17) is 0 Å². The molecule has 0 spiro atoms. The fourth-order valence-corrected chi connectivity index (χ4v) is 3.43. The van der Waals surface area contributed by atoms with E-state index < -0.39 is 0 Å². The van der Waals surface area contributed by atoms with E-state index in [2.05, 4.69) is 48.1 Å². The van der Waals surface area contributed by atoms with Crippen molar-refractivity contribution in [3.05, 3.63) is 42.2 Å². The van der Waals surface area contributed by atoms with Crippen molar-refractivity contribution >= 4 is 11.8 Å². The Morgan fingerprint density at radius 2 is 1.52 bits per heavy atom. The number of hydrogen-bond acceptors (Lipinski definition) is 3. The van der Waals surface area contributed by atoms with Gasteiger partial charge in [-0.2, -0.15) is 0 Å². The van der Waals surface area contributed by atoms with E-state index in [1.165, 1.54) is 48.3 Å². The van der Waals surface area contributed by atoms with Gasteiger partial charge in [0.25, 0.3) is 0 Å². The maximum Gasteiger partial charge on any atom is 0.159 e. The van der Waals surface area contributed by atoms with Gasteiger partial charge in [-0.05, 0) is 36.3 Å². The summed E-state index contributed by atoms with van der Waals surface area (Å²) >= 11 is 1.95. The molecular formula is C20H28N2S. The van der Waals surface area contributed by atoms with Crippen LogP contribution in [0.25, 0.3) is 11.4 Å². The van der Waals surface area contributed by atoms with Gasteiger partial charge in [0.05, 0.1) is 0 Å². The highest BCUT2D eigenvalue weighted by Gasteiger charge is 2.02. The monoisotopic (exact) mass is 328 g/mol. The summed E-state index contributed by atoms with van der Waals surface area (Å²) in [5.41, 5.74) is 2.31. The Bertz CT molecular complexity index is 549. The van der Waals surface area contributed by atoms with Crippen LogP contribution < -0.4 is 0 Å². The van der Waals surface area contributed by atoms with Crippen molar-refractivity contribution in [2.24, 2.45) is 0 Å². The predicted molar refractivity (Wildman–Crippen MR) is 101 cm³/mol. The van der Waals surface area contributed by atoms with Crippen molar-refractivity contribution in [1.82, 2.24) is 9.97 Å². The summed E-state index contributed by atoms with van der Waals surface area (Å²) in [5.74, 6) is 2.03. The summed E-state index contributed by atoms with van der Waals surface area (Å²) in [7, 11) is 0. The average Bonchev–Trinajstić information content (AvgIpc) is 2.60. The highest BCUT2D eigenvalue weighted by atomic mass is 32.2. The molecule has 2 rings (SSSR count). The van der Waals surface area contributed by atoms with Gasteiger partial charge in [-0.25, -0.2) is 9.97 Å². The minimum absolute atomic E-state index is 0.820. The van der Waals surface area contributed by atoms with E-state index in [0.29, 0.717) is 0 Å². The van der Waals surface area contributed by atoms with Gasteiger partial charge in [-0.3, -0.25) is 0 Å². The van der Waals surface area contributed by atoms with E-state index in [9.17, 15) is 0 Å². The molecule has 1 heterocycles. The fraction of sp³-hybridized carbons (Fsp3) is 0.500. The third-order valence-corrected chi connectivity index (χ3v) is 4.97. The van der Waals surface area contributed by atoms with Gasteiger partial charge < -0.3 is 0 Å². The minimum atomic E-state index is 0.820. The number of nitrogens with zero attached hydrogens (tertiary/aromatic N) is 2. The zero-order valence-electron chi connectivity index (χ0n) is 14.4. The van der Waals surface area contributed by atoms with Crippen molar-refractivity contribution in [1.29, 1.82) is 0 Å². The van der Waals surface area contributed by atoms with Gasteiger partial charge in [0.15, 0.2) is 5.82 Å². The Hall–Kier alpha value is -1.35. The highest BCUT2D eigenvalue weighted by molar-refractivity contribution is 7.99. The first-order valence-corrected chi connectivity index (χ1v) is 9.86. The number of aromatic nitrogens is 2. The second-order valence-electron chi connectivity index (χ2n) is 5.95. The van der Waals surface area contributed by atoms with Crippen LogP contribution in [-0.4, -0.2) is 15.7 Å². The lowest BCUT2D eigenvalue weighted by molar-refractivity contribution is 0.659. The Kier molecular flexibility index (Phi) is 8.16. The zero-order chi connectivity index (χ0) is 16.3. The van der Waals surface area contributed by atoms with Crippen LogP contribution in [0.15, 0.2) is 41.6 Å². The molecule has 1 aromatic heterocycles. The molecule has 0 saturated heterocycles. The minimum Gasteiger partial charge on any atom is -0.236 e. The molecule has 0 unspecified atom stereocenters. The Labute approximate surface area is 145 Å². The molecule has 0 amide bonds. The number of hydrogen-bond donors (Lipinski definition) is 0. The van der Waals surface area contributed by atoms with Crippen LogP contribution in [0, 0.1) is 0 Å². The van der Waals surface area contributed by atoms with Crippen LogP contribution in [0.1, 0.15) is 57.9 Å². The molecule has 0 aliphatic carbocycles. The quantitative estimate of drug-likeness (QED) is 0.386. The summed E-state index contributed by atoms with van der Waals surface area (Å²) < 4.78 is 0. The topological polar surface area (TPSA) is 25.8 Å². The summed E-state index contributed by atoms with van der Waals surface area (Å²) in [6.07, 6.45) is 12.8. The summed E-state index contributed by atoms with van der Waals surface area (Å²) in [4.78, 5) is 10.3. The van der Waals surface area contributed by atoms with Crippen LogP contribution in [0.4, 0.5) is 0 Å². The third kappa shape index (κ3) is 6.34. The van der Waals surface area contributed by atoms with Crippen LogP contribution >= 0.6 is 11.8 Å². The molecular weight excluding hydrogens is 300 g/mol. The van der Waals surface area contributed by atoms with Gasteiger partial charge in [-0.1, -0.05) is 58.1 Å². The lowest BCUT2D eigenvalue weighted by Gasteiger charge is -2.05. The van der Waals surface area contributed by atoms with Crippen molar-refractivity contribution < 1.29 is 0 Å². The van der Waals surface area contributed by atoms with Gasteiger partial charge in [0, 0.05) is 22.9 Å². The van der Waals surface area contributed by atoms with Crippen LogP contribution in [0.5, 0.6) is 0 Å². The van der Waals surface area contributed by atoms with Gasteiger partial charge in [0.1, 0.15) is 0 Å². The van der Waals surface area contributed by atoms with Gasteiger partial charge in [0.2, 0.25) is 0 Å². The molecule has 0 N–H and O–H groups in total. The first-order chi connectivity index (χ1) is 11.3. The van der Waals surface area contributed by atoms with E-state index in [1.54, 1.807) is 0 Å². The van der Waals surface area contributed by atoms with E-state index >= 15 is 0 Å². The maximum absolute atomic E-state index is 4.48. The molecule has 124 valence electrons. The highest BCUT2D eigenvalue weighted by Crippen LogP contribution is 2.23. The molecule has 0 aliphatic rings. The van der Waals surface area contributed by atoms with E-state index in [1.807, 2.05) is 24.2 Å². The molecule has 23 heavy (non-hydrogen) atoms. The van der Waals surface area contributed by atoms with E-state index in [0.717, 1.165) is 24.2 Å². The normalized spacial score (nSPS) is 10.9. The lowest BCUT2D eigenvalue weighted by Crippen LogP contribution is -1.92. The number of benzene rings is 1. The van der Waals surface area contributed by atoms with Crippen LogP contribution in [-0.2, 0) is 6.42 Å². The zero-order valence-corrected chi connectivity index (χ0v) is 15.2. The predicted octanol–water partition coefficient (Wildman–Crippen LogP) is 6.16. The molecule has 2 nitrogen and oxygen atoms in total. The Balaban J connectivity index is 1.81. The van der Waals surface area contributed by atoms with Crippen molar-refractivity contribution in [2.45, 2.75) is 63.7 Å². The molecule has 0 radical (unpaired) electrons. The average molecular weight is 329 g/mol. The smallest absolute Gasteiger partial charge is 0.159 e. The van der Waals surface area contributed by atoms with Crippen LogP contribution in [0.3, 0.4) is 0 Å². The molecule has 0 fully saturated rings. The molecule has 0 atom stereocenters. The largest absolute Gasteiger partial charge is 0.236 e. The number of thioether (sulfide) groups is 1. The Morgan fingerprint density at radius 3 is 2.17 bits per heavy atom. The van der Waals surface area contributed by atoms with Crippen molar-refractivity contribution in [2.75, 3.05) is 5.75 Å². The van der Waals surface area contributed by atoms with Gasteiger partial charge >= 0.3 is 0 Å². The molecule has 0 saturated carbocycles. The second-order valence-corrected chi connectivity index (χ2v) is 7.12. The van der Waals surface area contributed by atoms with Gasteiger partial charge in [-0.15, -0.1) is 11.8 Å². The number of rotatable bonds is 10. The molecule has 3 heteroatoms. The third-order valence-electron chi connectivity index (χ3n) is 3.87. The standard InChI is InChI=1S/C20H28N2S/c1-3-5-6-7-8-14-23-19-12-10-18(11-13-19)20-21-15-17(9-4-2)16-22-20/h10-13,15-16H,3-9,14H2,1-2H3. The summed E-state index contributed by atoms with van der Waals surface area (Å²) in [6.45, 7) is 4.44. The first-order valence-electron chi connectivity index (χ1n) is 8.87. The maximum atomic E-state index is 4.48. The molecule has 1 aromatic carbocycles.